The molecule has 0 unspecified atom stereocenters. The Morgan fingerprint density at radius 1 is 0.373 bits per heavy atom. The average molecular weight is 2060 g/mol. The molecule has 11 heterocycles. The van der Waals surface area contributed by atoms with Gasteiger partial charge in [-0.15, -0.1) is 0 Å². The van der Waals surface area contributed by atoms with E-state index in [4.69, 9.17) is 70.3 Å². The summed E-state index contributed by atoms with van der Waals surface area (Å²) in [6, 6.07) is 19.9. The Hall–Kier alpha value is -13.2. The quantitative estimate of drug-likeness (QED) is 0.0206. The minimum Gasteiger partial charge on any atom is -0.488 e. The van der Waals surface area contributed by atoms with Crippen molar-refractivity contribution in [2.24, 2.45) is 0 Å². The number of benzene rings is 4. The number of hydrogen-bond acceptors (Lipinski definition) is 38. The molecule has 0 radical (unpaired) electrons. The number of fused-ring (bicyclic) bond motifs is 4. The highest BCUT2D eigenvalue weighted by Gasteiger charge is 2.33. The van der Waals surface area contributed by atoms with Crippen LogP contribution in [-0.2, 0) is 23.7 Å². The molecule has 0 bridgehead atoms. The van der Waals surface area contributed by atoms with Crippen molar-refractivity contribution in [1.82, 2.24) is 94.9 Å². The van der Waals surface area contributed by atoms with Crippen LogP contribution in [0.4, 0.5) is 57.0 Å². The zero-order valence-corrected chi connectivity index (χ0v) is 90.7. The SMILES string of the molecule is CC(C)(C)OC(=O)N1CCC(c2cnc(NC3CCC(Oc4cc(N)cc5nccnc45)CC3)nc2)CC1.CCOCC.CCOCC.CCOCC.CCOCC.COc1cc(C)nc(NC2CCC(Oc3cc(N)cc4nccnc34)CC2)n1.Cc1nc(NC2CCC(Oc3cc(N)cc4nccnc34)CC2)cc(N2CCN(C)CC2)n1.Nc1cc(OC2CCC(Nc3ncc(C4CCNCC4)cn3)CC2)c2nccnc2c1. The van der Waals surface area contributed by atoms with Crippen LogP contribution in [-0.4, -0.2) is 269 Å². The number of aryl methyl sites for hydroxylation is 2. The summed E-state index contributed by atoms with van der Waals surface area (Å²) in [6.07, 6.45) is 41.0. The second-order valence-electron chi connectivity index (χ2n) is 39.1. The van der Waals surface area contributed by atoms with Gasteiger partial charge in [-0.05, 0) is 286 Å². The Morgan fingerprint density at radius 3 is 1.03 bits per heavy atom. The van der Waals surface area contributed by atoms with Gasteiger partial charge >= 0.3 is 6.09 Å². The van der Waals surface area contributed by atoms with Gasteiger partial charge in [-0.2, -0.15) is 4.98 Å². The van der Waals surface area contributed by atoms with Crippen LogP contribution in [0.2, 0.25) is 0 Å². The van der Waals surface area contributed by atoms with Gasteiger partial charge in [0.05, 0.1) is 53.6 Å². The molecular weight excluding hydrogens is 1900 g/mol. The first kappa shape index (κ1) is 115. The van der Waals surface area contributed by atoms with Gasteiger partial charge in [0.1, 0.15) is 68.1 Å². The van der Waals surface area contributed by atoms with Crippen LogP contribution in [0.15, 0.2) is 135 Å². The first-order valence-corrected chi connectivity index (χ1v) is 53.8. The monoisotopic (exact) mass is 2060 g/mol. The Labute approximate surface area is 884 Å². The molecule has 8 aromatic heterocycles. The van der Waals surface area contributed by atoms with Crippen molar-refractivity contribution in [1.29, 1.82) is 0 Å². The van der Waals surface area contributed by atoms with Crippen molar-refractivity contribution in [3.63, 3.8) is 0 Å². The van der Waals surface area contributed by atoms with E-state index in [-0.39, 0.29) is 30.5 Å². The van der Waals surface area contributed by atoms with Gasteiger partial charge in [0.2, 0.25) is 23.7 Å². The van der Waals surface area contributed by atoms with E-state index in [0.29, 0.717) is 101 Å². The van der Waals surface area contributed by atoms with E-state index < -0.39 is 5.60 Å². The van der Waals surface area contributed by atoms with Gasteiger partial charge in [0.15, 0.2) is 0 Å². The molecule has 19 rings (SSSR count). The van der Waals surface area contributed by atoms with Crippen molar-refractivity contribution >= 4 is 102 Å². The zero-order valence-electron chi connectivity index (χ0n) is 90.7. The molecule has 7 aliphatic rings. The number of anilines is 9. The Bertz CT molecular complexity index is 5960. The molecular formula is C111H162N28O11. The highest BCUT2D eigenvalue weighted by molar-refractivity contribution is 5.87. The topological polar surface area (TPSA) is 490 Å². The maximum atomic E-state index is 12.3. The van der Waals surface area contributed by atoms with E-state index in [9.17, 15) is 4.79 Å². The summed E-state index contributed by atoms with van der Waals surface area (Å²) >= 11 is 0. The highest BCUT2D eigenvalue weighted by Crippen LogP contribution is 2.39. The second kappa shape index (κ2) is 60.6. The first-order valence-electron chi connectivity index (χ1n) is 53.8. The van der Waals surface area contributed by atoms with E-state index in [0.717, 1.165) is 311 Å². The van der Waals surface area contributed by atoms with E-state index in [2.05, 4.69) is 129 Å². The van der Waals surface area contributed by atoms with Crippen LogP contribution < -0.4 is 78.1 Å². The van der Waals surface area contributed by atoms with E-state index in [1.54, 1.807) is 61.6 Å². The fourth-order valence-electron chi connectivity index (χ4n) is 18.9. The van der Waals surface area contributed by atoms with Gasteiger partial charge in [-0.1, -0.05) is 0 Å². The van der Waals surface area contributed by atoms with Gasteiger partial charge in [0, 0.05) is 255 Å². The Kier molecular flexibility index (Phi) is 46.6. The van der Waals surface area contributed by atoms with E-state index in [1.165, 1.54) is 5.56 Å². The number of nitrogen functional groups attached to an aromatic ring is 4. The number of nitrogens with zero attached hydrogens (tertiary/aromatic N) is 19. The highest BCUT2D eigenvalue weighted by atomic mass is 16.6. The third kappa shape index (κ3) is 37.5. The minimum absolute atomic E-state index is 0.106. The van der Waals surface area contributed by atoms with Crippen molar-refractivity contribution in [2.45, 2.75) is 284 Å². The predicted molar refractivity (Wildman–Crippen MR) is 594 cm³/mol. The molecule has 150 heavy (non-hydrogen) atoms. The molecule has 3 saturated heterocycles. The third-order valence-electron chi connectivity index (χ3n) is 26.6. The number of carbonyl (C=O) groups excluding carboxylic acids is 1. The molecule has 1 amide bonds. The number of methoxy groups -OCH3 is 1. The van der Waals surface area contributed by atoms with E-state index >= 15 is 0 Å². The van der Waals surface area contributed by atoms with Gasteiger partial charge in [0.25, 0.3) is 0 Å². The fourth-order valence-corrected chi connectivity index (χ4v) is 18.9. The van der Waals surface area contributed by atoms with Crippen molar-refractivity contribution in [2.75, 3.05) is 168 Å². The molecule has 4 aliphatic carbocycles. The third-order valence-corrected chi connectivity index (χ3v) is 26.6. The van der Waals surface area contributed by atoms with Gasteiger partial charge in [-0.25, -0.2) is 59.6 Å². The molecule has 4 saturated carbocycles. The number of amides is 1. The van der Waals surface area contributed by atoms with Crippen LogP contribution >= 0.6 is 0 Å². The summed E-state index contributed by atoms with van der Waals surface area (Å²) in [5.41, 5.74) is 35.4. The zero-order chi connectivity index (χ0) is 107. The Morgan fingerprint density at radius 2 is 0.700 bits per heavy atom. The van der Waals surface area contributed by atoms with Crippen molar-refractivity contribution in [3.8, 4) is 28.9 Å². The lowest BCUT2D eigenvalue weighted by atomic mass is 9.91. The lowest BCUT2D eigenvalue weighted by molar-refractivity contribution is 0.0204. The van der Waals surface area contributed by atoms with Crippen molar-refractivity contribution < 1.29 is 52.2 Å². The van der Waals surface area contributed by atoms with Crippen LogP contribution in [0, 0.1) is 13.8 Å². The van der Waals surface area contributed by atoms with Crippen molar-refractivity contribution in [3.05, 3.63) is 158 Å². The number of carbonyl (C=O) groups is 1. The molecule has 39 nitrogen and oxygen atoms in total. The number of rotatable bonds is 28. The summed E-state index contributed by atoms with van der Waals surface area (Å²) in [4.78, 5) is 90.4. The van der Waals surface area contributed by atoms with Gasteiger partial charge < -0.3 is 112 Å². The summed E-state index contributed by atoms with van der Waals surface area (Å²) < 4.78 is 55.2. The largest absolute Gasteiger partial charge is 0.488 e. The first-order chi connectivity index (χ1) is 72.8. The summed E-state index contributed by atoms with van der Waals surface area (Å²) in [5.74, 6) is 9.06. The number of nitrogens with two attached hydrogens (primary N) is 4. The number of ether oxygens (including phenoxy) is 10. The fraction of sp³-hybridized carbons (Fsp3) is 0.559. The molecule has 0 atom stereocenters. The second-order valence-corrected chi connectivity index (χ2v) is 39.1. The smallest absolute Gasteiger partial charge is 0.410 e. The number of aromatic nitrogens is 16. The van der Waals surface area contributed by atoms with Crippen LogP contribution in [0.1, 0.15) is 239 Å². The molecule has 0 spiro atoms. The van der Waals surface area contributed by atoms with E-state index in [1.807, 2.05) is 169 Å². The molecule has 13 N–H and O–H groups in total. The maximum absolute atomic E-state index is 12.3. The standard InChI is InChI=1S/C28H37N7O3.C24H32N8O.C23H29N7O.C20H24N6O2.4C4H10O/c1-28(2,3)38-27(36)35-12-8-18(9-13-35)19-16-32-26(33-17-19)34-21-4-6-22(7-5-21)37-24-15-20(29)14-23-25(24)31-11-10-30-23;1-16-28-22(15-23(29-16)32-11-9-31(2)10-12-32)30-18-3-5-19(6-4-18)33-21-14-17(25)13-20-24(21)27-8-7-26-20;24-17-11-20-22(27-10-9-26-20)21(12-17)31-19-3-1-18(2-4-19)30-23-28-13-16(14-29-23)15-5-7-25-8-6-15;1-12-9-18(27-2)26-20(24-12)25-14-3-5-15(6-4-14)28-17-11-13(21)10-16-19(17)23-8-7-22-16;4*1-3-5-4-2/h10-11,14-18,21-22H,4-9,12-13,29H2,1-3H3,(H,32,33,34);7-8,13-15,18-19H,3-6,9-12,25H2,1-2H3,(H,28,29,30);9-15,18-19,25H,1-8,24H2,(H,28,29,30);7-11,14-15H,3-6,21H2,1-2H3,(H,24,25,26);4*3-4H2,1-2H3. The number of piperazine rings is 1. The number of likely N-dealkylation sites (tertiary alicyclic amines) is 1. The minimum atomic E-state index is -0.475. The molecule has 812 valence electrons. The number of likely N-dealkylation sites (N-methyl/N-ethyl adjacent to an activating group) is 1. The summed E-state index contributed by atoms with van der Waals surface area (Å²) in [7, 11) is 3.77. The molecule has 12 aromatic rings. The summed E-state index contributed by atoms with van der Waals surface area (Å²) in [5, 5.41) is 17.5. The Balaban J connectivity index is 0.000000167. The average Bonchev–Trinajstić information content (AvgIpc) is 0.810. The lowest BCUT2D eigenvalue weighted by Crippen LogP contribution is -2.45. The number of nitrogens with one attached hydrogen (secondary N) is 5. The van der Waals surface area contributed by atoms with Crippen LogP contribution in [0.5, 0.6) is 28.9 Å². The number of hydrogen-bond donors (Lipinski definition) is 9. The van der Waals surface area contributed by atoms with Crippen LogP contribution in [0.25, 0.3) is 44.1 Å². The molecule has 3 aliphatic heterocycles. The maximum Gasteiger partial charge on any atom is 0.410 e. The van der Waals surface area contributed by atoms with Crippen LogP contribution in [0.3, 0.4) is 0 Å². The molecule has 4 aromatic carbocycles. The normalized spacial score (nSPS) is 19.4. The molecule has 39 heteroatoms. The number of piperidine rings is 2. The molecule has 7 fully saturated rings. The summed E-state index contributed by atoms with van der Waals surface area (Å²) in [6.45, 7) is 39.9. The van der Waals surface area contributed by atoms with Gasteiger partial charge in [-0.3, -0.25) is 19.9 Å². The lowest BCUT2D eigenvalue weighted by Gasteiger charge is -2.34. The predicted octanol–water partition coefficient (Wildman–Crippen LogP) is 18.3.